The number of primary amides is 1. The van der Waals surface area contributed by atoms with Gasteiger partial charge in [-0.25, -0.2) is 4.39 Å². The van der Waals surface area contributed by atoms with E-state index in [2.05, 4.69) is 5.32 Å². The van der Waals surface area contributed by atoms with E-state index in [1.165, 1.54) is 42.5 Å². The first kappa shape index (κ1) is 24.9. The fraction of sp³-hybridized carbons (Fsp3) is 0.143. The largest absolute Gasteiger partial charge is 0.366 e. The van der Waals surface area contributed by atoms with E-state index >= 15 is 0 Å². The minimum absolute atomic E-state index is 0.00995. The van der Waals surface area contributed by atoms with Gasteiger partial charge in [0.15, 0.2) is 0 Å². The molecule has 0 radical (unpaired) electrons. The molecule has 0 aliphatic carbocycles. The molecular weight excluding hydrogens is 487 g/mol. The number of carbonyl (C=O) groups excluding carboxylic acids is 4. The number of nitrogens with one attached hydrogen (secondary N) is 1. The molecule has 1 aliphatic rings. The Morgan fingerprint density at radius 2 is 1.91 bits per heavy atom. The molecule has 1 heterocycles. The van der Waals surface area contributed by atoms with E-state index in [4.69, 9.17) is 5.73 Å². The average molecular weight is 505 g/mol. The average Bonchev–Trinajstić information content (AvgIpc) is 3.06. The van der Waals surface area contributed by atoms with Gasteiger partial charge in [0.05, 0.1) is 20.5 Å². The van der Waals surface area contributed by atoms with Crippen molar-refractivity contribution < 1.29 is 28.5 Å². The molecule has 4 amide bonds. The van der Waals surface area contributed by atoms with Crippen LogP contribution in [-0.2, 0) is 9.59 Å². The predicted octanol–water partition coefficient (Wildman–Crippen LogP) is 2.78. The molecule has 2 aromatic rings. The highest BCUT2D eigenvalue weighted by Crippen LogP contribution is 2.32. The third-order valence-electron chi connectivity index (χ3n) is 4.50. The van der Waals surface area contributed by atoms with Crippen LogP contribution in [0.25, 0.3) is 6.08 Å². The van der Waals surface area contributed by atoms with E-state index in [9.17, 15) is 33.7 Å². The zero-order valence-corrected chi connectivity index (χ0v) is 19.0. The molecule has 13 heteroatoms. The van der Waals surface area contributed by atoms with Crippen LogP contribution in [0.3, 0.4) is 0 Å². The lowest BCUT2D eigenvalue weighted by Crippen LogP contribution is -2.37. The SMILES string of the molecule is NC(=O)c1ccc(SCC(=O)NCCN2C(=O)S/C(=C\c3ccc(F)cc3)C2=O)c([N+](=O)[O-])c1. The van der Waals surface area contributed by atoms with Gasteiger partial charge in [0.1, 0.15) is 5.82 Å². The molecule has 0 spiro atoms. The second-order valence-electron chi connectivity index (χ2n) is 6.83. The standard InChI is InChI=1S/C21H17FN4O6S2/c22-14-4-1-12(2-5-14)9-17-20(29)25(21(30)34-17)8-7-24-18(27)11-33-16-6-3-13(19(23)28)10-15(16)26(31)32/h1-6,9-10H,7-8,11H2,(H2,23,28)(H,24,27)/b17-9-. The summed E-state index contributed by atoms with van der Waals surface area (Å²) in [4.78, 5) is 59.9. The fourth-order valence-electron chi connectivity index (χ4n) is 2.84. The number of halogens is 1. The van der Waals surface area contributed by atoms with Crippen molar-refractivity contribution in [3.8, 4) is 0 Å². The smallest absolute Gasteiger partial charge is 0.293 e. The van der Waals surface area contributed by atoms with Crippen LogP contribution >= 0.6 is 23.5 Å². The molecule has 1 fully saturated rings. The second kappa shape index (κ2) is 10.9. The van der Waals surface area contributed by atoms with Gasteiger partial charge in [-0.2, -0.15) is 0 Å². The molecule has 176 valence electrons. The minimum atomic E-state index is -0.808. The number of nitro benzene ring substituents is 1. The van der Waals surface area contributed by atoms with Crippen LogP contribution in [0.5, 0.6) is 0 Å². The maximum atomic E-state index is 13.0. The summed E-state index contributed by atoms with van der Waals surface area (Å²) < 4.78 is 13.0. The highest BCUT2D eigenvalue weighted by Gasteiger charge is 2.34. The summed E-state index contributed by atoms with van der Waals surface area (Å²) >= 11 is 1.64. The molecule has 0 atom stereocenters. The van der Waals surface area contributed by atoms with Crippen molar-refractivity contribution in [2.45, 2.75) is 4.90 Å². The van der Waals surface area contributed by atoms with Crippen molar-refractivity contribution in [3.05, 3.63) is 74.4 Å². The summed E-state index contributed by atoms with van der Waals surface area (Å²) in [7, 11) is 0. The lowest BCUT2D eigenvalue weighted by atomic mass is 10.2. The summed E-state index contributed by atoms with van der Waals surface area (Å²) in [6.07, 6.45) is 1.48. The number of nitro groups is 1. The molecule has 2 aromatic carbocycles. The van der Waals surface area contributed by atoms with Crippen molar-refractivity contribution in [2.75, 3.05) is 18.8 Å². The van der Waals surface area contributed by atoms with Crippen molar-refractivity contribution in [1.82, 2.24) is 10.2 Å². The molecule has 0 saturated carbocycles. The monoisotopic (exact) mass is 504 g/mol. The van der Waals surface area contributed by atoms with Gasteiger partial charge in [0.25, 0.3) is 16.8 Å². The van der Waals surface area contributed by atoms with Crippen LogP contribution in [0.2, 0.25) is 0 Å². The van der Waals surface area contributed by atoms with Gasteiger partial charge in [-0.05, 0) is 47.7 Å². The maximum absolute atomic E-state index is 13.0. The third-order valence-corrected chi connectivity index (χ3v) is 6.47. The molecule has 1 saturated heterocycles. The maximum Gasteiger partial charge on any atom is 0.293 e. The second-order valence-corrected chi connectivity index (χ2v) is 8.84. The number of hydrogen-bond acceptors (Lipinski definition) is 8. The van der Waals surface area contributed by atoms with Gasteiger partial charge in [0.2, 0.25) is 11.8 Å². The summed E-state index contributed by atoms with van der Waals surface area (Å²) in [5, 5.41) is 13.3. The van der Waals surface area contributed by atoms with Gasteiger partial charge in [0, 0.05) is 24.7 Å². The Balaban J connectivity index is 1.52. The zero-order valence-electron chi connectivity index (χ0n) is 17.4. The number of carbonyl (C=O) groups is 4. The van der Waals surface area contributed by atoms with Gasteiger partial charge in [-0.15, -0.1) is 11.8 Å². The molecule has 34 heavy (non-hydrogen) atoms. The van der Waals surface area contributed by atoms with E-state index in [1.54, 1.807) is 0 Å². The van der Waals surface area contributed by atoms with Gasteiger partial charge in [-0.1, -0.05) is 12.1 Å². The highest BCUT2D eigenvalue weighted by molar-refractivity contribution is 8.18. The lowest BCUT2D eigenvalue weighted by molar-refractivity contribution is -0.387. The Bertz CT molecular complexity index is 1200. The predicted molar refractivity (Wildman–Crippen MR) is 124 cm³/mol. The van der Waals surface area contributed by atoms with Crippen molar-refractivity contribution >= 4 is 58.2 Å². The number of nitrogens with zero attached hydrogens (tertiary/aromatic N) is 2. The molecule has 0 bridgehead atoms. The van der Waals surface area contributed by atoms with E-state index < -0.39 is 33.7 Å². The first-order chi connectivity index (χ1) is 16.2. The molecule has 10 nitrogen and oxygen atoms in total. The Kier molecular flexibility index (Phi) is 8.02. The van der Waals surface area contributed by atoms with Crippen LogP contribution in [0.4, 0.5) is 14.9 Å². The first-order valence-electron chi connectivity index (χ1n) is 9.64. The molecule has 3 N–H and O–H groups in total. The van der Waals surface area contributed by atoms with Crippen LogP contribution in [0, 0.1) is 15.9 Å². The molecule has 0 unspecified atom stereocenters. The fourth-order valence-corrected chi connectivity index (χ4v) is 4.54. The van der Waals surface area contributed by atoms with Crippen LogP contribution in [-0.4, -0.2) is 51.6 Å². The van der Waals surface area contributed by atoms with Gasteiger partial charge < -0.3 is 11.1 Å². The Hall–Kier alpha value is -3.71. The summed E-state index contributed by atoms with van der Waals surface area (Å²) in [6, 6.07) is 9.15. The van der Waals surface area contributed by atoms with E-state index in [0.717, 1.165) is 34.5 Å². The van der Waals surface area contributed by atoms with Crippen LogP contribution < -0.4 is 11.1 Å². The molecule has 3 rings (SSSR count). The number of benzene rings is 2. The molecule has 0 aromatic heterocycles. The highest BCUT2D eigenvalue weighted by atomic mass is 32.2. The van der Waals surface area contributed by atoms with E-state index in [0.29, 0.717) is 5.56 Å². The Labute approximate surface area is 200 Å². The number of nitrogens with two attached hydrogens (primary N) is 1. The van der Waals surface area contributed by atoms with Crippen molar-refractivity contribution in [1.29, 1.82) is 0 Å². The zero-order chi connectivity index (χ0) is 24.8. The quantitative estimate of drug-likeness (QED) is 0.229. The van der Waals surface area contributed by atoms with E-state index in [1.807, 2.05) is 0 Å². The van der Waals surface area contributed by atoms with Crippen molar-refractivity contribution in [3.63, 3.8) is 0 Å². The van der Waals surface area contributed by atoms with Crippen LogP contribution in [0.1, 0.15) is 15.9 Å². The van der Waals surface area contributed by atoms with Crippen LogP contribution in [0.15, 0.2) is 52.3 Å². The minimum Gasteiger partial charge on any atom is -0.366 e. The molecule has 1 aliphatic heterocycles. The van der Waals surface area contributed by atoms with E-state index in [-0.39, 0.29) is 39.9 Å². The molecular formula is C21H17FN4O6S2. The Morgan fingerprint density at radius 3 is 2.56 bits per heavy atom. The van der Waals surface area contributed by atoms with Gasteiger partial charge in [-0.3, -0.25) is 34.2 Å². The van der Waals surface area contributed by atoms with Crippen molar-refractivity contribution in [2.24, 2.45) is 5.73 Å². The first-order valence-corrected chi connectivity index (χ1v) is 11.4. The number of rotatable bonds is 9. The number of imide groups is 1. The number of amides is 4. The number of hydrogen-bond donors (Lipinski definition) is 2. The summed E-state index contributed by atoms with van der Waals surface area (Å²) in [5.74, 6) is -2.38. The van der Waals surface area contributed by atoms with Gasteiger partial charge >= 0.3 is 0 Å². The third kappa shape index (κ3) is 6.20. The summed E-state index contributed by atoms with van der Waals surface area (Å²) in [6.45, 7) is -0.0702. The Morgan fingerprint density at radius 1 is 1.21 bits per heavy atom. The lowest BCUT2D eigenvalue weighted by Gasteiger charge is -2.13. The summed E-state index contributed by atoms with van der Waals surface area (Å²) in [5.41, 5.74) is 5.33. The normalized spacial score (nSPS) is 14.5. The number of thioether (sulfide) groups is 2. The topological polar surface area (TPSA) is 153 Å².